The number of hydrogen-bond donors (Lipinski definition) is 1. The highest BCUT2D eigenvalue weighted by molar-refractivity contribution is 5.94. The van der Waals surface area contributed by atoms with Crippen LogP contribution in [0.3, 0.4) is 0 Å². The maximum Gasteiger partial charge on any atom is 0.254 e. The first-order valence-corrected chi connectivity index (χ1v) is 8.83. The number of amides is 1. The fourth-order valence-electron chi connectivity index (χ4n) is 3.36. The lowest BCUT2D eigenvalue weighted by molar-refractivity contribution is 0.0532. The summed E-state index contributed by atoms with van der Waals surface area (Å²) < 4.78 is 5.72. The van der Waals surface area contributed by atoms with Gasteiger partial charge in [0, 0.05) is 30.9 Å². The summed E-state index contributed by atoms with van der Waals surface area (Å²) in [6, 6.07) is 13.2. The lowest BCUT2D eigenvalue weighted by Crippen LogP contribution is -2.51. The second-order valence-corrected chi connectivity index (χ2v) is 6.56. The molecule has 0 unspecified atom stereocenters. The molecule has 132 valence electrons. The predicted molar refractivity (Wildman–Crippen MR) is 97.3 cm³/mol. The molecule has 1 aromatic heterocycles. The summed E-state index contributed by atoms with van der Waals surface area (Å²) in [6.07, 6.45) is 3.91. The van der Waals surface area contributed by atoms with Crippen molar-refractivity contribution < 1.29 is 9.53 Å². The quantitative estimate of drug-likeness (QED) is 0.909. The van der Waals surface area contributed by atoms with Crippen molar-refractivity contribution in [2.45, 2.75) is 32.4 Å². The van der Waals surface area contributed by atoms with Gasteiger partial charge in [-0.3, -0.25) is 9.78 Å². The molecule has 0 aliphatic carbocycles. The largest absolute Gasteiger partial charge is 0.487 e. The summed E-state index contributed by atoms with van der Waals surface area (Å²) in [6.45, 7) is 3.87. The van der Waals surface area contributed by atoms with Gasteiger partial charge < -0.3 is 15.4 Å². The number of nitrogens with two attached hydrogens (primary N) is 1. The molecule has 2 aromatic rings. The zero-order valence-electron chi connectivity index (χ0n) is 14.6. The standard InChI is InChI=1S/C20H25N3O2/c1-15-5-4-12-23(19(15)13-21)20(24)16-7-9-18(10-8-16)25-14-17-6-2-3-11-22-17/h2-3,6-11,15,19H,4-5,12-14,21H2,1H3/t15-,19-/m1/s1. The van der Waals surface area contributed by atoms with E-state index in [4.69, 9.17) is 10.5 Å². The summed E-state index contributed by atoms with van der Waals surface area (Å²) in [5.41, 5.74) is 7.45. The van der Waals surface area contributed by atoms with Gasteiger partial charge in [0.25, 0.3) is 5.91 Å². The average Bonchev–Trinajstić information content (AvgIpc) is 2.67. The van der Waals surface area contributed by atoms with Crippen LogP contribution >= 0.6 is 0 Å². The first-order chi connectivity index (χ1) is 12.2. The first kappa shape index (κ1) is 17.4. The Balaban J connectivity index is 1.64. The van der Waals surface area contributed by atoms with Gasteiger partial charge in [-0.15, -0.1) is 0 Å². The van der Waals surface area contributed by atoms with Gasteiger partial charge in [-0.1, -0.05) is 13.0 Å². The third-order valence-electron chi connectivity index (χ3n) is 4.83. The number of aromatic nitrogens is 1. The van der Waals surface area contributed by atoms with Crippen molar-refractivity contribution in [2.24, 2.45) is 11.7 Å². The van der Waals surface area contributed by atoms with E-state index in [9.17, 15) is 4.79 Å². The number of carbonyl (C=O) groups is 1. The number of rotatable bonds is 5. The van der Waals surface area contributed by atoms with E-state index in [1.54, 1.807) is 6.20 Å². The van der Waals surface area contributed by atoms with E-state index in [2.05, 4.69) is 11.9 Å². The van der Waals surface area contributed by atoms with E-state index in [0.717, 1.165) is 30.8 Å². The Hall–Kier alpha value is -2.40. The number of nitrogens with zero attached hydrogens (tertiary/aromatic N) is 2. The van der Waals surface area contributed by atoms with Gasteiger partial charge in [-0.25, -0.2) is 0 Å². The molecule has 2 N–H and O–H groups in total. The summed E-state index contributed by atoms with van der Waals surface area (Å²) in [7, 11) is 0. The molecule has 2 heterocycles. The van der Waals surface area contributed by atoms with Crippen LogP contribution in [0.1, 0.15) is 35.8 Å². The SMILES string of the molecule is C[C@@H]1CCCN(C(=O)c2ccc(OCc3ccccn3)cc2)[C@@H]1CN. The van der Waals surface area contributed by atoms with E-state index >= 15 is 0 Å². The van der Waals surface area contributed by atoms with Gasteiger partial charge in [0.15, 0.2) is 0 Å². The molecule has 0 spiro atoms. The third kappa shape index (κ3) is 4.17. The molecule has 0 radical (unpaired) electrons. The lowest BCUT2D eigenvalue weighted by Gasteiger charge is -2.39. The van der Waals surface area contributed by atoms with Crippen LogP contribution in [0.15, 0.2) is 48.7 Å². The van der Waals surface area contributed by atoms with Gasteiger partial charge in [-0.05, 0) is 55.2 Å². The Bertz CT molecular complexity index is 688. The van der Waals surface area contributed by atoms with E-state index < -0.39 is 0 Å². The van der Waals surface area contributed by atoms with Crippen LogP contribution in [0.2, 0.25) is 0 Å². The number of carbonyl (C=O) groups excluding carboxylic acids is 1. The van der Waals surface area contributed by atoms with Crippen LogP contribution in [-0.4, -0.2) is 34.9 Å². The number of piperidine rings is 1. The van der Waals surface area contributed by atoms with E-state index in [1.807, 2.05) is 47.4 Å². The smallest absolute Gasteiger partial charge is 0.254 e. The monoisotopic (exact) mass is 339 g/mol. The van der Waals surface area contributed by atoms with Gasteiger partial charge in [-0.2, -0.15) is 0 Å². The van der Waals surface area contributed by atoms with Crippen LogP contribution in [-0.2, 0) is 6.61 Å². The zero-order valence-corrected chi connectivity index (χ0v) is 14.6. The van der Waals surface area contributed by atoms with Crippen molar-refractivity contribution in [3.05, 3.63) is 59.9 Å². The van der Waals surface area contributed by atoms with Gasteiger partial charge in [0.1, 0.15) is 12.4 Å². The molecule has 1 aromatic carbocycles. The molecule has 1 aliphatic heterocycles. The van der Waals surface area contributed by atoms with Gasteiger partial charge in [0.05, 0.1) is 5.69 Å². The second-order valence-electron chi connectivity index (χ2n) is 6.56. The molecule has 1 saturated heterocycles. The lowest BCUT2D eigenvalue weighted by atomic mass is 9.90. The van der Waals surface area contributed by atoms with Gasteiger partial charge >= 0.3 is 0 Å². The highest BCUT2D eigenvalue weighted by atomic mass is 16.5. The summed E-state index contributed by atoms with van der Waals surface area (Å²) in [5, 5.41) is 0. The second kappa shape index (κ2) is 8.12. The van der Waals surface area contributed by atoms with Crippen LogP contribution < -0.4 is 10.5 Å². The van der Waals surface area contributed by atoms with Crippen molar-refractivity contribution >= 4 is 5.91 Å². The highest BCUT2D eigenvalue weighted by Gasteiger charge is 2.31. The molecule has 3 rings (SSSR count). The van der Waals surface area contributed by atoms with Gasteiger partial charge in [0.2, 0.25) is 0 Å². The molecule has 0 bridgehead atoms. The number of pyridine rings is 1. The zero-order chi connectivity index (χ0) is 17.6. The topological polar surface area (TPSA) is 68.5 Å². The van der Waals surface area contributed by atoms with Crippen molar-refractivity contribution in [1.29, 1.82) is 0 Å². The van der Waals surface area contributed by atoms with Crippen LogP contribution in [0, 0.1) is 5.92 Å². The van der Waals surface area contributed by atoms with E-state index in [-0.39, 0.29) is 11.9 Å². The molecular formula is C20H25N3O2. The Morgan fingerprint density at radius 3 is 2.76 bits per heavy atom. The molecule has 1 amide bonds. The van der Waals surface area contributed by atoms with Crippen molar-refractivity contribution in [2.75, 3.05) is 13.1 Å². The summed E-state index contributed by atoms with van der Waals surface area (Å²) >= 11 is 0. The van der Waals surface area contributed by atoms with Crippen LogP contribution in [0.25, 0.3) is 0 Å². The minimum atomic E-state index is 0.0540. The van der Waals surface area contributed by atoms with Crippen LogP contribution in [0.4, 0.5) is 0 Å². The Morgan fingerprint density at radius 1 is 1.28 bits per heavy atom. The molecule has 0 saturated carbocycles. The fourth-order valence-corrected chi connectivity index (χ4v) is 3.36. The maximum absolute atomic E-state index is 12.8. The fraction of sp³-hybridized carbons (Fsp3) is 0.400. The van der Waals surface area contributed by atoms with Crippen molar-refractivity contribution in [3.63, 3.8) is 0 Å². The average molecular weight is 339 g/mol. The van der Waals surface area contributed by atoms with Crippen LogP contribution in [0.5, 0.6) is 5.75 Å². The Labute approximate surface area is 148 Å². The highest BCUT2D eigenvalue weighted by Crippen LogP contribution is 2.25. The molecule has 2 atom stereocenters. The van der Waals surface area contributed by atoms with Crippen molar-refractivity contribution in [1.82, 2.24) is 9.88 Å². The predicted octanol–water partition coefficient (Wildman–Crippen LogP) is 2.86. The molecule has 25 heavy (non-hydrogen) atoms. The summed E-state index contributed by atoms with van der Waals surface area (Å²) in [5.74, 6) is 1.23. The Kier molecular flexibility index (Phi) is 5.66. The molecule has 1 aliphatic rings. The normalized spacial score (nSPS) is 20.3. The summed E-state index contributed by atoms with van der Waals surface area (Å²) in [4.78, 5) is 19.0. The third-order valence-corrected chi connectivity index (χ3v) is 4.83. The minimum Gasteiger partial charge on any atom is -0.487 e. The number of hydrogen-bond acceptors (Lipinski definition) is 4. The molecular weight excluding hydrogens is 314 g/mol. The molecule has 1 fully saturated rings. The molecule has 5 heteroatoms. The number of ether oxygens (including phenoxy) is 1. The van der Waals surface area contributed by atoms with E-state index in [1.165, 1.54) is 0 Å². The van der Waals surface area contributed by atoms with E-state index in [0.29, 0.717) is 24.6 Å². The maximum atomic E-state index is 12.8. The number of benzene rings is 1. The Morgan fingerprint density at radius 2 is 2.08 bits per heavy atom. The van der Waals surface area contributed by atoms with Crippen molar-refractivity contribution in [3.8, 4) is 5.75 Å². The molecule has 5 nitrogen and oxygen atoms in total. The minimum absolute atomic E-state index is 0.0540. The first-order valence-electron chi connectivity index (χ1n) is 8.83. The number of likely N-dealkylation sites (tertiary alicyclic amines) is 1.